The van der Waals surface area contributed by atoms with Crippen LogP contribution >= 0.6 is 27.3 Å². The molecule has 3 aromatic rings. The number of hydrogen-bond donors (Lipinski definition) is 2. The van der Waals surface area contributed by atoms with Crippen molar-refractivity contribution in [3.63, 3.8) is 0 Å². The number of aromatic nitrogens is 2. The molecule has 0 amide bonds. The van der Waals surface area contributed by atoms with E-state index in [-0.39, 0.29) is 0 Å². The first-order valence-electron chi connectivity index (χ1n) is 5.83. The number of hydrogen-bond acceptors (Lipinski definition) is 6. The number of hydrazine groups is 1. The Labute approximate surface area is 127 Å². The van der Waals surface area contributed by atoms with Gasteiger partial charge in [0.2, 0.25) is 11.8 Å². The van der Waals surface area contributed by atoms with Crippen molar-refractivity contribution in [2.45, 2.75) is 6.92 Å². The molecule has 3 rings (SSSR count). The highest BCUT2D eigenvalue weighted by Gasteiger charge is 2.11. The third kappa shape index (κ3) is 2.47. The van der Waals surface area contributed by atoms with Gasteiger partial charge in [-0.3, -0.25) is 5.43 Å². The minimum Gasteiger partial charge on any atom is -0.438 e. The van der Waals surface area contributed by atoms with E-state index in [1.54, 1.807) is 0 Å². The van der Waals surface area contributed by atoms with Gasteiger partial charge in [-0.15, -0.1) is 11.3 Å². The minimum atomic E-state index is 0.337. The zero-order valence-corrected chi connectivity index (χ0v) is 13.0. The molecule has 0 spiro atoms. The minimum absolute atomic E-state index is 0.337. The zero-order valence-electron chi connectivity index (χ0n) is 10.6. The molecule has 3 N–H and O–H groups in total. The number of nitrogen functional groups attached to an aromatic ring is 1. The number of nitrogens with two attached hydrogens (primary N) is 1. The fourth-order valence-corrected chi connectivity index (χ4v) is 2.76. The number of fused-ring (bicyclic) bond motifs is 1. The summed E-state index contributed by atoms with van der Waals surface area (Å²) >= 11 is 4.98. The van der Waals surface area contributed by atoms with E-state index < -0.39 is 0 Å². The number of rotatable bonds is 3. The second kappa shape index (κ2) is 5.35. The summed E-state index contributed by atoms with van der Waals surface area (Å²) in [6.07, 6.45) is 0. The average Bonchev–Trinajstić information content (AvgIpc) is 2.91. The van der Waals surface area contributed by atoms with Crippen molar-refractivity contribution in [1.82, 2.24) is 9.97 Å². The highest BCUT2D eigenvalue weighted by Crippen LogP contribution is 2.32. The third-order valence-corrected chi connectivity index (χ3v) is 4.46. The number of thiophene rings is 1. The topological polar surface area (TPSA) is 73.1 Å². The van der Waals surface area contributed by atoms with Gasteiger partial charge in [0.05, 0.1) is 5.39 Å². The van der Waals surface area contributed by atoms with E-state index in [9.17, 15) is 0 Å². The highest BCUT2D eigenvalue weighted by molar-refractivity contribution is 9.10. The summed E-state index contributed by atoms with van der Waals surface area (Å²) < 4.78 is 6.91. The van der Waals surface area contributed by atoms with Crippen molar-refractivity contribution in [2.24, 2.45) is 5.84 Å². The molecule has 0 saturated heterocycles. The highest BCUT2D eigenvalue weighted by atomic mass is 79.9. The van der Waals surface area contributed by atoms with Gasteiger partial charge in [-0.25, -0.2) is 10.8 Å². The van der Waals surface area contributed by atoms with Gasteiger partial charge in [-0.2, -0.15) is 4.98 Å². The van der Waals surface area contributed by atoms with Gasteiger partial charge in [0.25, 0.3) is 0 Å². The van der Waals surface area contributed by atoms with Crippen molar-refractivity contribution in [3.05, 3.63) is 39.7 Å². The first kappa shape index (κ1) is 13.3. The van der Waals surface area contributed by atoms with E-state index in [0.29, 0.717) is 11.8 Å². The second-order valence-corrected chi connectivity index (χ2v) is 5.90. The molecule has 2 heterocycles. The quantitative estimate of drug-likeness (QED) is 0.554. The van der Waals surface area contributed by atoms with Crippen LogP contribution in [-0.2, 0) is 0 Å². The van der Waals surface area contributed by atoms with Crippen molar-refractivity contribution in [1.29, 1.82) is 0 Å². The molecule has 0 saturated carbocycles. The van der Waals surface area contributed by atoms with Crippen LogP contribution in [0, 0.1) is 6.92 Å². The number of ether oxygens (including phenoxy) is 1. The predicted molar refractivity (Wildman–Crippen MR) is 84.2 cm³/mol. The van der Waals surface area contributed by atoms with Crippen molar-refractivity contribution < 1.29 is 4.74 Å². The van der Waals surface area contributed by atoms with Crippen LogP contribution in [-0.4, -0.2) is 9.97 Å². The molecule has 5 nitrogen and oxygen atoms in total. The number of benzene rings is 1. The number of halogens is 1. The van der Waals surface area contributed by atoms with Gasteiger partial charge in [-0.05, 0) is 42.1 Å². The lowest BCUT2D eigenvalue weighted by Gasteiger charge is -2.08. The van der Waals surface area contributed by atoms with Crippen LogP contribution in [0.1, 0.15) is 5.56 Å². The standard InChI is InChI=1S/C13H11BrN4OS/c1-7-6-8(2-3-10(7)14)19-11-9-4-5-20-12(9)17-13(16-11)18-15/h2-6H,15H2,1H3,(H,16,17,18). The van der Waals surface area contributed by atoms with Crippen molar-refractivity contribution in [2.75, 3.05) is 5.43 Å². The lowest BCUT2D eigenvalue weighted by Crippen LogP contribution is -2.10. The number of nitrogens with zero attached hydrogens (tertiary/aromatic N) is 2. The molecular weight excluding hydrogens is 340 g/mol. The lowest BCUT2D eigenvalue weighted by molar-refractivity contribution is 0.468. The number of nitrogens with one attached hydrogen (secondary N) is 1. The molecular formula is C13H11BrN4OS. The van der Waals surface area contributed by atoms with Crippen LogP contribution in [0.25, 0.3) is 10.2 Å². The van der Waals surface area contributed by atoms with Gasteiger partial charge >= 0.3 is 0 Å². The molecule has 0 unspecified atom stereocenters. The number of aryl methyl sites for hydroxylation is 1. The Morgan fingerprint density at radius 1 is 1.30 bits per heavy atom. The van der Waals surface area contributed by atoms with E-state index in [1.165, 1.54) is 11.3 Å². The zero-order chi connectivity index (χ0) is 14.1. The molecule has 102 valence electrons. The van der Waals surface area contributed by atoms with Crippen LogP contribution in [0.5, 0.6) is 11.6 Å². The molecule has 20 heavy (non-hydrogen) atoms. The Kier molecular flexibility index (Phi) is 3.56. The van der Waals surface area contributed by atoms with Crippen LogP contribution in [0.15, 0.2) is 34.1 Å². The molecule has 0 aliphatic carbocycles. The predicted octanol–water partition coefficient (Wildman–Crippen LogP) is 3.84. The third-order valence-electron chi connectivity index (χ3n) is 2.76. The van der Waals surface area contributed by atoms with Gasteiger partial charge in [0, 0.05) is 4.47 Å². The summed E-state index contributed by atoms with van der Waals surface area (Å²) in [5.41, 5.74) is 3.55. The Balaban J connectivity index is 2.04. The lowest BCUT2D eigenvalue weighted by atomic mass is 10.2. The summed E-state index contributed by atoms with van der Waals surface area (Å²) in [5.74, 6) is 6.93. The average molecular weight is 351 g/mol. The van der Waals surface area contributed by atoms with E-state index in [4.69, 9.17) is 10.6 Å². The molecule has 0 fully saturated rings. The SMILES string of the molecule is Cc1cc(Oc2nc(NN)nc3sccc23)ccc1Br. The Morgan fingerprint density at radius 2 is 2.15 bits per heavy atom. The van der Waals surface area contributed by atoms with Gasteiger partial charge in [-0.1, -0.05) is 15.9 Å². The molecule has 7 heteroatoms. The second-order valence-electron chi connectivity index (χ2n) is 4.15. The molecule has 0 radical (unpaired) electrons. The molecule has 0 bridgehead atoms. The van der Waals surface area contributed by atoms with E-state index in [1.807, 2.05) is 36.6 Å². The summed E-state index contributed by atoms with van der Waals surface area (Å²) in [5, 5.41) is 2.81. The molecule has 0 atom stereocenters. The van der Waals surface area contributed by atoms with E-state index in [0.717, 1.165) is 26.0 Å². The summed E-state index contributed by atoms with van der Waals surface area (Å²) in [6.45, 7) is 2.00. The first-order chi connectivity index (χ1) is 9.67. The fourth-order valence-electron chi connectivity index (χ4n) is 1.76. The maximum absolute atomic E-state index is 5.87. The molecule has 2 aromatic heterocycles. The van der Waals surface area contributed by atoms with Gasteiger partial charge in [0.1, 0.15) is 10.6 Å². The Bertz CT molecular complexity index is 774. The van der Waals surface area contributed by atoms with Crippen molar-refractivity contribution in [3.8, 4) is 11.6 Å². The molecule has 0 aliphatic heterocycles. The van der Waals surface area contributed by atoms with Gasteiger partial charge in [0.15, 0.2) is 0 Å². The smallest absolute Gasteiger partial charge is 0.241 e. The first-order valence-corrected chi connectivity index (χ1v) is 7.50. The maximum Gasteiger partial charge on any atom is 0.241 e. The molecule has 1 aromatic carbocycles. The Hall–Kier alpha value is -1.70. The fraction of sp³-hybridized carbons (Fsp3) is 0.0769. The normalized spacial score (nSPS) is 10.8. The van der Waals surface area contributed by atoms with Crippen LogP contribution in [0.3, 0.4) is 0 Å². The largest absolute Gasteiger partial charge is 0.438 e. The number of anilines is 1. The molecule has 0 aliphatic rings. The monoisotopic (exact) mass is 350 g/mol. The summed E-state index contributed by atoms with van der Waals surface area (Å²) in [6, 6.07) is 7.70. The van der Waals surface area contributed by atoms with Crippen LogP contribution < -0.4 is 16.0 Å². The summed E-state index contributed by atoms with van der Waals surface area (Å²) in [4.78, 5) is 9.37. The summed E-state index contributed by atoms with van der Waals surface area (Å²) in [7, 11) is 0. The Morgan fingerprint density at radius 3 is 2.90 bits per heavy atom. The van der Waals surface area contributed by atoms with E-state index in [2.05, 4.69) is 31.3 Å². The van der Waals surface area contributed by atoms with Crippen molar-refractivity contribution >= 4 is 43.4 Å². The van der Waals surface area contributed by atoms with E-state index >= 15 is 0 Å². The van der Waals surface area contributed by atoms with Crippen LogP contribution in [0.4, 0.5) is 5.95 Å². The van der Waals surface area contributed by atoms with Gasteiger partial charge < -0.3 is 4.74 Å². The van der Waals surface area contributed by atoms with Crippen LogP contribution in [0.2, 0.25) is 0 Å². The maximum atomic E-state index is 5.87.